The first-order valence-corrected chi connectivity index (χ1v) is 6.24. The van der Waals surface area contributed by atoms with Crippen LogP contribution in [0.3, 0.4) is 0 Å². The second kappa shape index (κ2) is 5.30. The highest BCUT2D eigenvalue weighted by Crippen LogP contribution is 2.25. The summed E-state index contributed by atoms with van der Waals surface area (Å²) < 4.78 is 0. The Bertz CT molecular complexity index is 304. The van der Waals surface area contributed by atoms with E-state index in [2.05, 4.69) is 28.9 Å². The van der Waals surface area contributed by atoms with Crippen LogP contribution in [0.4, 0.5) is 5.82 Å². The highest BCUT2D eigenvalue weighted by Gasteiger charge is 2.23. The van der Waals surface area contributed by atoms with E-state index in [1.807, 2.05) is 12.3 Å². The number of hydrogen-bond acceptors (Lipinski definition) is 3. The van der Waals surface area contributed by atoms with Gasteiger partial charge in [0.2, 0.25) is 0 Å². The quantitative estimate of drug-likeness (QED) is 0.847. The Hall–Kier alpha value is -1.09. The number of aromatic nitrogens is 1. The highest BCUT2D eigenvalue weighted by molar-refractivity contribution is 5.39. The zero-order valence-electron chi connectivity index (χ0n) is 9.97. The Kier molecular flexibility index (Phi) is 3.78. The topological polar surface area (TPSA) is 42.2 Å². The molecule has 3 heteroatoms. The number of nitrogens with two attached hydrogens (primary N) is 1. The monoisotopic (exact) mass is 219 g/mol. The maximum Gasteiger partial charge on any atom is 0.128 e. The van der Waals surface area contributed by atoms with Crippen LogP contribution >= 0.6 is 0 Å². The first kappa shape index (κ1) is 11.4. The van der Waals surface area contributed by atoms with Crippen LogP contribution in [0.2, 0.25) is 0 Å². The SMILES string of the molecule is CCN(c1ccccn1)C1CCC(N)CC1. The minimum Gasteiger partial charge on any atom is -0.354 e. The van der Waals surface area contributed by atoms with Gasteiger partial charge in [-0.1, -0.05) is 6.07 Å². The van der Waals surface area contributed by atoms with Gasteiger partial charge >= 0.3 is 0 Å². The lowest BCUT2D eigenvalue weighted by molar-refractivity contribution is 0.377. The van der Waals surface area contributed by atoms with Crippen LogP contribution in [0.1, 0.15) is 32.6 Å². The van der Waals surface area contributed by atoms with Crippen molar-refractivity contribution in [2.24, 2.45) is 5.73 Å². The van der Waals surface area contributed by atoms with Crippen molar-refractivity contribution in [3.63, 3.8) is 0 Å². The van der Waals surface area contributed by atoms with E-state index in [4.69, 9.17) is 5.73 Å². The third-order valence-electron chi connectivity index (χ3n) is 3.47. The molecule has 0 unspecified atom stereocenters. The molecule has 1 heterocycles. The number of pyridine rings is 1. The van der Waals surface area contributed by atoms with E-state index in [9.17, 15) is 0 Å². The van der Waals surface area contributed by atoms with Crippen molar-refractivity contribution in [1.82, 2.24) is 4.98 Å². The molecule has 0 saturated heterocycles. The van der Waals surface area contributed by atoms with Gasteiger partial charge in [0, 0.05) is 24.8 Å². The van der Waals surface area contributed by atoms with Crippen molar-refractivity contribution in [3.8, 4) is 0 Å². The van der Waals surface area contributed by atoms with Crippen molar-refractivity contribution >= 4 is 5.82 Å². The minimum absolute atomic E-state index is 0.415. The van der Waals surface area contributed by atoms with E-state index >= 15 is 0 Å². The predicted octanol–water partition coefficient (Wildman–Crippen LogP) is 2.18. The van der Waals surface area contributed by atoms with Crippen LogP contribution in [-0.4, -0.2) is 23.6 Å². The van der Waals surface area contributed by atoms with Gasteiger partial charge < -0.3 is 10.6 Å². The van der Waals surface area contributed by atoms with Crippen LogP contribution < -0.4 is 10.6 Å². The third-order valence-corrected chi connectivity index (χ3v) is 3.47. The van der Waals surface area contributed by atoms with Gasteiger partial charge in [0.25, 0.3) is 0 Å². The van der Waals surface area contributed by atoms with Gasteiger partial charge in [-0.25, -0.2) is 4.98 Å². The van der Waals surface area contributed by atoms with Crippen molar-refractivity contribution in [1.29, 1.82) is 0 Å². The largest absolute Gasteiger partial charge is 0.354 e. The molecule has 3 nitrogen and oxygen atoms in total. The summed E-state index contributed by atoms with van der Waals surface area (Å²) in [6, 6.07) is 7.16. The van der Waals surface area contributed by atoms with Crippen molar-refractivity contribution in [2.45, 2.75) is 44.7 Å². The van der Waals surface area contributed by atoms with Gasteiger partial charge in [-0.05, 0) is 44.7 Å². The molecule has 1 aliphatic rings. The zero-order valence-corrected chi connectivity index (χ0v) is 9.97. The molecular formula is C13H21N3. The molecule has 0 aliphatic heterocycles. The van der Waals surface area contributed by atoms with E-state index in [-0.39, 0.29) is 0 Å². The summed E-state index contributed by atoms with van der Waals surface area (Å²) >= 11 is 0. The molecule has 1 fully saturated rings. The molecule has 16 heavy (non-hydrogen) atoms. The van der Waals surface area contributed by atoms with Crippen LogP contribution in [-0.2, 0) is 0 Å². The van der Waals surface area contributed by atoms with E-state index in [1.54, 1.807) is 0 Å². The fourth-order valence-electron chi connectivity index (χ4n) is 2.54. The van der Waals surface area contributed by atoms with E-state index in [1.165, 1.54) is 12.8 Å². The molecular weight excluding hydrogens is 198 g/mol. The van der Waals surface area contributed by atoms with Crippen LogP contribution in [0.15, 0.2) is 24.4 Å². The summed E-state index contributed by atoms with van der Waals surface area (Å²) in [5.41, 5.74) is 5.94. The minimum atomic E-state index is 0.415. The Labute approximate surface area is 97.7 Å². The van der Waals surface area contributed by atoms with Gasteiger partial charge in [-0.15, -0.1) is 0 Å². The summed E-state index contributed by atoms with van der Waals surface area (Å²) in [4.78, 5) is 6.85. The number of nitrogens with zero attached hydrogens (tertiary/aromatic N) is 2. The zero-order chi connectivity index (χ0) is 11.4. The smallest absolute Gasteiger partial charge is 0.128 e. The molecule has 1 saturated carbocycles. The summed E-state index contributed by atoms with van der Waals surface area (Å²) in [6.45, 7) is 3.22. The standard InChI is InChI=1S/C13H21N3/c1-2-16(13-5-3-4-10-15-13)12-8-6-11(14)7-9-12/h3-5,10-12H,2,6-9,14H2,1H3. The third kappa shape index (κ3) is 2.53. The lowest BCUT2D eigenvalue weighted by Crippen LogP contribution is -2.41. The second-order valence-corrected chi connectivity index (χ2v) is 4.54. The van der Waals surface area contributed by atoms with Gasteiger partial charge in [-0.2, -0.15) is 0 Å². The number of anilines is 1. The van der Waals surface area contributed by atoms with Gasteiger partial charge in [-0.3, -0.25) is 0 Å². The summed E-state index contributed by atoms with van der Waals surface area (Å²) in [5.74, 6) is 1.10. The molecule has 0 spiro atoms. The summed E-state index contributed by atoms with van der Waals surface area (Å²) in [7, 11) is 0. The second-order valence-electron chi connectivity index (χ2n) is 4.54. The molecule has 0 atom stereocenters. The number of hydrogen-bond donors (Lipinski definition) is 1. The first-order valence-electron chi connectivity index (χ1n) is 6.24. The lowest BCUT2D eigenvalue weighted by atomic mass is 9.91. The molecule has 2 rings (SSSR count). The molecule has 2 N–H and O–H groups in total. The first-order chi connectivity index (χ1) is 7.81. The molecule has 0 bridgehead atoms. The predicted molar refractivity (Wildman–Crippen MR) is 67.5 cm³/mol. The van der Waals surface area contributed by atoms with E-state index < -0.39 is 0 Å². The summed E-state index contributed by atoms with van der Waals surface area (Å²) in [5, 5.41) is 0. The molecule has 1 aromatic rings. The Morgan fingerprint density at radius 1 is 1.31 bits per heavy atom. The fraction of sp³-hybridized carbons (Fsp3) is 0.615. The van der Waals surface area contributed by atoms with Crippen molar-refractivity contribution in [2.75, 3.05) is 11.4 Å². The average Bonchev–Trinajstić information content (AvgIpc) is 2.34. The molecule has 0 aromatic carbocycles. The van der Waals surface area contributed by atoms with Crippen molar-refractivity contribution in [3.05, 3.63) is 24.4 Å². The van der Waals surface area contributed by atoms with Crippen LogP contribution in [0.25, 0.3) is 0 Å². The van der Waals surface area contributed by atoms with E-state index in [0.29, 0.717) is 12.1 Å². The Morgan fingerprint density at radius 2 is 2.06 bits per heavy atom. The molecule has 1 aromatic heterocycles. The van der Waals surface area contributed by atoms with Crippen molar-refractivity contribution < 1.29 is 0 Å². The van der Waals surface area contributed by atoms with Gasteiger partial charge in [0.05, 0.1) is 0 Å². The lowest BCUT2D eigenvalue weighted by Gasteiger charge is -2.36. The maximum absolute atomic E-state index is 5.94. The van der Waals surface area contributed by atoms with Gasteiger partial charge in [0.15, 0.2) is 0 Å². The molecule has 0 radical (unpaired) electrons. The molecule has 1 aliphatic carbocycles. The highest BCUT2D eigenvalue weighted by atomic mass is 15.2. The van der Waals surface area contributed by atoms with E-state index in [0.717, 1.165) is 25.2 Å². The normalized spacial score (nSPS) is 25.4. The number of rotatable bonds is 3. The average molecular weight is 219 g/mol. The Morgan fingerprint density at radius 3 is 2.62 bits per heavy atom. The Balaban J connectivity index is 2.05. The van der Waals surface area contributed by atoms with Gasteiger partial charge in [0.1, 0.15) is 5.82 Å². The maximum atomic E-state index is 5.94. The van der Waals surface area contributed by atoms with Crippen LogP contribution in [0, 0.1) is 0 Å². The summed E-state index contributed by atoms with van der Waals surface area (Å²) in [6.07, 6.45) is 6.56. The molecule has 0 amide bonds. The fourth-order valence-corrected chi connectivity index (χ4v) is 2.54. The molecule has 88 valence electrons. The van der Waals surface area contributed by atoms with Crippen LogP contribution in [0.5, 0.6) is 0 Å².